The minimum absolute atomic E-state index is 0.0530. The number of ether oxygens (including phenoxy) is 3. The second-order valence-electron chi connectivity index (χ2n) is 8.63. The molecule has 0 aromatic heterocycles. The average molecular weight is 534 g/mol. The van der Waals surface area contributed by atoms with E-state index in [9.17, 15) is 14.4 Å². The Labute approximate surface area is 231 Å². The second-order valence-corrected chi connectivity index (χ2v) is 8.63. The summed E-state index contributed by atoms with van der Waals surface area (Å²) in [5, 5.41) is 0. The summed E-state index contributed by atoms with van der Waals surface area (Å²) in [4.78, 5) is 38.7. The molecule has 0 N–H and O–H groups in total. The molecule has 0 radical (unpaired) electrons. The molecule has 39 heavy (non-hydrogen) atoms. The summed E-state index contributed by atoms with van der Waals surface area (Å²) in [7, 11) is 2.72. The zero-order valence-electron chi connectivity index (χ0n) is 23.4. The standard InChI is InChI=1S/C30H33NO6.C2H6/c1-35-29(33)14-8-9-19-31(20-23-15-17-25(18-16-23)30(34)36-2)21-27(32)26-12-6-7-13-28(26)37-22-24-10-4-3-5-11-24;1-2/h3-7,10-13,15-18H,8-9,14,19-22H2,1-2H3;1-2H3. The quantitative estimate of drug-likeness (QED) is 0.141. The summed E-state index contributed by atoms with van der Waals surface area (Å²) in [6.07, 6.45) is 1.73. The number of esters is 2. The van der Waals surface area contributed by atoms with Crippen LogP contribution >= 0.6 is 0 Å². The molecule has 0 aliphatic rings. The molecular formula is C32H39NO6. The van der Waals surface area contributed by atoms with Crippen molar-refractivity contribution in [2.75, 3.05) is 27.3 Å². The Kier molecular flexibility index (Phi) is 14.0. The van der Waals surface area contributed by atoms with E-state index in [0.29, 0.717) is 49.4 Å². The van der Waals surface area contributed by atoms with Crippen LogP contribution < -0.4 is 4.74 Å². The number of carbonyl (C=O) groups excluding carboxylic acids is 3. The number of benzene rings is 3. The molecule has 3 aromatic rings. The Morgan fingerprint density at radius 3 is 2.08 bits per heavy atom. The molecule has 0 unspecified atom stereocenters. The number of rotatable bonds is 14. The zero-order chi connectivity index (χ0) is 28.5. The lowest BCUT2D eigenvalue weighted by Gasteiger charge is -2.22. The van der Waals surface area contributed by atoms with Gasteiger partial charge in [-0.2, -0.15) is 0 Å². The molecule has 0 heterocycles. The zero-order valence-corrected chi connectivity index (χ0v) is 23.4. The third-order valence-electron chi connectivity index (χ3n) is 5.91. The third kappa shape index (κ3) is 10.7. The lowest BCUT2D eigenvalue weighted by atomic mass is 10.1. The van der Waals surface area contributed by atoms with Gasteiger partial charge in [0.1, 0.15) is 12.4 Å². The minimum Gasteiger partial charge on any atom is -0.488 e. The molecule has 7 nitrogen and oxygen atoms in total. The molecule has 0 aliphatic carbocycles. The normalized spacial score (nSPS) is 10.3. The van der Waals surface area contributed by atoms with E-state index < -0.39 is 5.97 Å². The number of hydrogen-bond donors (Lipinski definition) is 0. The molecule has 3 aromatic carbocycles. The Balaban J connectivity index is 0.00000260. The van der Waals surface area contributed by atoms with Crippen LogP contribution in [0.1, 0.15) is 65.0 Å². The van der Waals surface area contributed by atoms with Crippen molar-refractivity contribution in [1.29, 1.82) is 0 Å². The summed E-state index contributed by atoms with van der Waals surface area (Å²) in [5.41, 5.74) is 2.98. The van der Waals surface area contributed by atoms with E-state index in [2.05, 4.69) is 0 Å². The third-order valence-corrected chi connectivity index (χ3v) is 5.91. The van der Waals surface area contributed by atoms with Crippen molar-refractivity contribution < 1.29 is 28.6 Å². The molecule has 0 saturated heterocycles. The number of unbranched alkanes of at least 4 members (excludes halogenated alkanes) is 1. The van der Waals surface area contributed by atoms with E-state index in [0.717, 1.165) is 17.5 Å². The van der Waals surface area contributed by atoms with Gasteiger partial charge in [0, 0.05) is 13.0 Å². The van der Waals surface area contributed by atoms with Crippen molar-refractivity contribution in [2.24, 2.45) is 0 Å². The largest absolute Gasteiger partial charge is 0.488 e. The van der Waals surface area contributed by atoms with Crippen molar-refractivity contribution in [3.05, 3.63) is 101 Å². The van der Waals surface area contributed by atoms with Gasteiger partial charge in [0.15, 0.2) is 5.78 Å². The maximum atomic E-state index is 13.4. The van der Waals surface area contributed by atoms with Crippen LogP contribution in [0.15, 0.2) is 78.9 Å². The van der Waals surface area contributed by atoms with Crippen LogP contribution in [0.5, 0.6) is 5.75 Å². The molecule has 0 atom stereocenters. The molecule has 0 amide bonds. The van der Waals surface area contributed by atoms with Crippen LogP contribution in [-0.2, 0) is 27.4 Å². The van der Waals surface area contributed by atoms with E-state index in [1.165, 1.54) is 14.2 Å². The van der Waals surface area contributed by atoms with Crippen LogP contribution in [-0.4, -0.2) is 49.9 Å². The summed E-state index contributed by atoms with van der Waals surface area (Å²) in [6.45, 7) is 5.69. The van der Waals surface area contributed by atoms with Gasteiger partial charge in [0.05, 0.1) is 31.9 Å². The Morgan fingerprint density at radius 2 is 1.41 bits per heavy atom. The first-order chi connectivity index (χ1) is 19.0. The number of hydrogen-bond acceptors (Lipinski definition) is 7. The van der Waals surface area contributed by atoms with Crippen LogP contribution in [0.2, 0.25) is 0 Å². The molecule has 0 aliphatic heterocycles. The molecule has 208 valence electrons. The highest BCUT2D eigenvalue weighted by Crippen LogP contribution is 2.21. The van der Waals surface area contributed by atoms with Gasteiger partial charge in [0.25, 0.3) is 0 Å². The van der Waals surface area contributed by atoms with Crippen LogP contribution in [0.3, 0.4) is 0 Å². The predicted molar refractivity (Wildman–Crippen MR) is 152 cm³/mol. The smallest absolute Gasteiger partial charge is 0.337 e. The van der Waals surface area contributed by atoms with Gasteiger partial charge in [-0.15, -0.1) is 0 Å². The van der Waals surface area contributed by atoms with E-state index in [1.54, 1.807) is 18.2 Å². The monoisotopic (exact) mass is 533 g/mol. The molecule has 3 rings (SSSR count). The Hall–Kier alpha value is -3.97. The van der Waals surface area contributed by atoms with Gasteiger partial charge in [-0.05, 0) is 54.8 Å². The number of para-hydroxylation sites is 1. The summed E-state index contributed by atoms with van der Waals surface area (Å²) in [6, 6.07) is 24.2. The van der Waals surface area contributed by atoms with Crippen molar-refractivity contribution in [3.63, 3.8) is 0 Å². The molecule has 0 bridgehead atoms. The van der Waals surface area contributed by atoms with Gasteiger partial charge in [-0.1, -0.05) is 68.4 Å². The Bertz CT molecular complexity index is 1160. The Morgan fingerprint density at radius 1 is 0.744 bits per heavy atom. The molecule has 0 saturated carbocycles. The van der Waals surface area contributed by atoms with Crippen LogP contribution in [0.25, 0.3) is 0 Å². The van der Waals surface area contributed by atoms with Crippen LogP contribution in [0.4, 0.5) is 0 Å². The predicted octanol–water partition coefficient (Wildman–Crippen LogP) is 6.11. The lowest BCUT2D eigenvalue weighted by molar-refractivity contribution is -0.140. The van der Waals surface area contributed by atoms with Gasteiger partial charge < -0.3 is 14.2 Å². The fourth-order valence-electron chi connectivity index (χ4n) is 3.89. The number of methoxy groups -OCH3 is 2. The highest BCUT2D eigenvalue weighted by atomic mass is 16.5. The SMILES string of the molecule is CC.COC(=O)CCCCN(CC(=O)c1ccccc1OCc1ccccc1)Cc1ccc(C(=O)OC)cc1. The van der Waals surface area contributed by atoms with Gasteiger partial charge in [0.2, 0.25) is 0 Å². The molecule has 7 heteroatoms. The van der Waals surface area contributed by atoms with Gasteiger partial charge in [-0.3, -0.25) is 14.5 Å². The topological polar surface area (TPSA) is 82.1 Å². The van der Waals surface area contributed by atoms with E-state index in [1.807, 2.05) is 79.4 Å². The van der Waals surface area contributed by atoms with Gasteiger partial charge >= 0.3 is 11.9 Å². The van der Waals surface area contributed by atoms with Crippen molar-refractivity contribution in [3.8, 4) is 5.75 Å². The number of carbonyl (C=O) groups is 3. The molecule has 0 spiro atoms. The van der Waals surface area contributed by atoms with Crippen molar-refractivity contribution in [1.82, 2.24) is 4.90 Å². The van der Waals surface area contributed by atoms with E-state index in [-0.39, 0.29) is 18.3 Å². The first kappa shape index (κ1) is 31.2. The number of Topliss-reactive ketones (excluding diaryl/α,β-unsaturated/α-hetero) is 1. The van der Waals surface area contributed by atoms with Gasteiger partial charge in [-0.25, -0.2) is 4.79 Å². The first-order valence-corrected chi connectivity index (χ1v) is 13.3. The fourth-order valence-corrected chi connectivity index (χ4v) is 3.89. The average Bonchev–Trinajstić information content (AvgIpc) is 2.99. The van der Waals surface area contributed by atoms with Crippen LogP contribution in [0, 0.1) is 0 Å². The number of ketones is 1. The molecule has 0 fully saturated rings. The van der Waals surface area contributed by atoms with E-state index >= 15 is 0 Å². The lowest BCUT2D eigenvalue weighted by Crippen LogP contribution is -2.31. The van der Waals surface area contributed by atoms with Crippen molar-refractivity contribution in [2.45, 2.75) is 46.3 Å². The minimum atomic E-state index is -0.395. The second kappa shape index (κ2) is 17.5. The molecular weight excluding hydrogens is 494 g/mol. The first-order valence-electron chi connectivity index (χ1n) is 13.3. The summed E-state index contributed by atoms with van der Waals surface area (Å²) < 4.78 is 15.5. The fraction of sp³-hybridized carbons (Fsp3) is 0.344. The maximum absolute atomic E-state index is 13.4. The van der Waals surface area contributed by atoms with E-state index in [4.69, 9.17) is 14.2 Å². The number of nitrogens with zero attached hydrogens (tertiary/aromatic N) is 1. The maximum Gasteiger partial charge on any atom is 0.337 e. The summed E-state index contributed by atoms with van der Waals surface area (Å²) in [5.74, 6) is -0.147. The van der Waals surface area contributed by atoms with Crippen molar-refractivity contribution >= 4 is 17.7 Å². The highest BCUT2D eigenvalue weighted by Gasteiger charge is 2.17. The highest BCUT2D eigenvalue weighted by molar-refractivity contribution is 6.00. The summed E-state index contributed by atoms with van der Waals surface area (Å²) >= 11 is 0.